The summed E-state index contributed by atoms with van der Waals surface area (Å²) in [4.78, 5) is 10.5. The molecule has 0 unspecified atom stereocenters. The fraction of sp³-hybridized carbons (Fsp3) is 0.364. The van der Waals surface area contributed by atoms with Crippen LogP contribution < -0.4 is 5.19 Å². The predicted molar refractivity (Wildman–Crippen MR) is 60.7 cm³/mol. The molecule has 0 aliphatic rings. The van der Waals surface area contributed by atoms with Gasteiger partial charge in [0.25, 0.3) is 0 Å². The molecule has 0 saturated heterocycles. The lowest BCUT2D eigenvalue weighted by molar-refractivity contribution is -0.140. The van der Waals surface area contributed by atoms with Gasteiger partial charge >= 0.3 is 5.97 Å². The first kappa shape index (κ1) is 11.0. The Bertz CT molecular complexity index is 272. The molecule has 0 heterocycles. The summed E-state index contributed by atoms with van der Waals surface area (Å²) in [5, 5.41) is 1.48. The lowest BCUT2D eigenvalue weighted by atomic mass is 10.4. The van der Waals surface area contributed by atoms with Crippen molar-refractivity contribution >= 4 is 20.7 Å². The maximum absolute atomic E-state index is 10.5. The van der Waals surface area contributed by atoms with Crippen molar-refractivity contribution < 1.29 is 9.53 Å². The molecule has 3 heteroatoms. The monoisotopic (exact) mass is 208 g/mol. The minimum atomic E-state index is -0.175. The van der Waals surface area contributed by atoms with Crippen molar-refractivity contribution in [2.45, 2.75) is 19.4 Å². The smallest absolute Gasteiger partial charge is 0.302 e. The first-order valence-electron chi connectivity index (χ1n) is 4.96. The number of carbonyl (C=O) groups excluding carboxylic acids is 1. The maximum Gasteiger partial charge on any atom is 0.302 e. The summed E-state index contributed by atoms with van der Waals surface area (Å²) in [7, 11) is -0.148. The zero-order valence-corrected chi connectivity index (χ0v) is 9.95. The van der Waals surface area contributed by atoms with Crippen LogP contribution in [0, 0.1) is 0 Å². The fourth-order valence-corrected chi connectivity index (χ4v) is 2.76. The summed E-state index contributed by atoms with van der Waals surface area (Å²) in [6, 6.07) is 11.8. The van der Waals surface area contributed by atoms with Crippen LogP contribution >= 0.6 is 0 Å². The second-order valence-corrected chi connectivity index (χ2v) is 5.31. The Kier molecular flexibility index (Phi) is 5.00. The van der Waals surface area contributed by atoms with E-state index in [0.29, 0.717) is 6.61 Å². The van der Waals surface area contributed by atoms with Crippen molar-refractivity contribution in [3.63, 3.8) is 0 Å². The standard InChI is InChI=1S/C11H16O2Si/c1-10(12)13-8-5-9-14-11-6-3-2-4-7-11/h2-4,6-7H,5,8-9,14H2,1H3. The molecule has 0 radical (unpaired) electrons. The highest BCUT2D eigenvalue weighted by atomic mass is 28.2. The van der Waals surface area contributed by atoms with Crippen molar-refractivity contribution in [1.82, 2.24) is 0 Å². The van der Waals surface area contributed by atoms with Crippen LogP contribution in [-0.2, 0) is 9.53 Å². The van der Waals surface area contributed by atoms with Crippen LogP contribution in [0.1, 0.15) is 13.3 Å². The SMILES string of the molecule is CC(=O)OCCC[SiH2]c1ccccc1. The third-order valence-corrected chi connectivity index (χ3v) is 3.91. The number of benzene rings is 1. The van der Waals surface area contributed by atoms with Gasteiger partial charge in [-0.05, 0) is 6.42 Å². The van der Waals surface area contributed by atoms with Gasteiger partial charge in [0.2, 0.25) is 0 Å². The molecule has 0 fully saturated rings. The highest BCUT2D eigenvalue weighted by Crippen LogP contribution is 1.91. The second kappa shape index (κ2) is 6.37. The molecule has 0 amide bonds. The number of esters is 1. The van der Waals surface area contributed by atoms with Crippen LogP contribution in [-0.4, -0.2) is 22.1 Å². The van der Waals surface area contributed by atoms with Gasteiger partial charge in [0.1, 0.15) is 0 Å². The molecular weight excluding hydrogens is 192 g/mol. The van der Waals surface area contributed by atoms with E-state index in [2.05, 4.69) is 24.3 Å². The minimum Gasteiger partial charge on any atom is -0.466 e. The molecule has 1 aromatic carbocycles. The zero-order chi connectivity index (χ0) is 10.2. The van der Waals surface area contributed by atoms with Crippen molar-refractivity contribution in [3.05, 3.63) is 30.3 Å². The third-order valence-electron chi connectivity index (χ3n) is 2.01. The topological polar surface area (TPSA) is 26.3 Å². The Morgan fingerprint density at radius 2 is 2.07 bits per heavy atom. The van der Waals surface area contributed by atoms with Crippen LogP contribution in [0.25, 0.3) is 0 Å². The van der Waals surface area contributed by atoms with Crippen LogP contribution in [0.3, 0.4) is 0 Å². The largest absolute Gasteiger partial charge is 0.466 e. The zero-order valence-electron chi connectivity index (χ0n) is 8.53. The van der Waals surface area contributed by atoms with Crippen molar-refractivity contribution in [2.24, 2.45) is 0 Å². The number of rotatable bonds is 5. The second-order valence-electron chi connectivity index (χ2n) is 3.28. The van der Waals surface area contributed by atoms with Crippen molar-refractivity contribution in [3.8, 4) is 0 Å². The van der Waals surface area contributed by atoms with Crippen LogP contribution in [0.4, 0.5) is 0 Å². The highest BCUT2D eigenvalue weighted by Gasteiger charge is 1.95. The van der Waals surface area contributed by atoms with Crippen LogP contribution in [0.5, 0.6) is 0 Å². The molecule has 2 nitrogen and oxygen atoms in total. The van der Waals surface area contributed by atoms with Gasteiger partial charge in [-0.3, -0.25) is 4.79 Å². The van der Waals surface area contributed by atoms with E-state index in [1.165, 1.54) is 18.2 Å². The van der Waals surface area contributed by atoms with Crippen LogP contribution in [0.2, 0.25) is 6.04 Å². The van der Waals surface area contributed by atoms with Gasteiger partial charge in [-0.25, -0.2) is 0 Å². The lowest BCUT2D eigenvalue weighted by Gasteiger charge is -2.01. The Balaban J connectivity index is 2.08. The Morgan fingerprint density at radius 1 is 1.36 bits per heavy atom. The minimum absolute atomic E-state index is 0.148. The summed E-state index contributed by atoms with van der Waals surface area (Å²) in [6.45, 7) is 2.03. The molecule has 1 aromatic rings. The van der Waals surface area contributed by atoms with Crippen molar-refractivity contribution in [1.29, 1.82) is 0 Å². The Labute approximate surface area is 87.1 Å². The number of ether oxygens (including phenoxy) is 1. The number of hydrogen-bond acceptors (Lipinski definition) is 2. The first-order chi connectivity index (χ1) is 6.79. The van der Waals surface area contributed by atoms with Crippen molar-refractivity contribution in [2.75, 3.05) is 6.61 Å². The quantitative estimate of drug-likeness (QED) is 0.407. The Hall–Kier alpha value is -1.09. The summed E-state index contributed by atoms with van der Waals surface area (Å²) < 4.78 is 4.86. The molecule has 0 aliphatic carbocycles. The van der Waals surface area contributed by atoms with E-state index in [1.54, 1.807) is 0 Å². The fourth-order valence-electron chi connectivity index (χ4n) is 1.29. The highest BCUT2D eigenvalue weighted by molar-refractivity contribution is 6.53. The lowest BCUT2D eigenvalue weighted by Crippen LogP contribution is -2.13. The summed E-state index contributed by atoms with van der Waals surface area (Å²) >= 11 is 0. The van der Waals surface area contributed by atoms with Crippen LogP contribution in [0.15, 0.2) is 30.3 Å². The molecule has 0 N–H and O–H groups in total. The van der Waals surface area contributed by atoms with Gasteiger partial charge in [0.05, 0.1) is 16.1 Å². The van der Waals surface area contributed by atoms with E-state index < -0.39 is 0 Å². The molecule has 14 heavy (non-hydrogen) atoms. The van der Waals surface area contributed by atoms with E-state index in [4.69, 9.17) is 4.74 Å². The Morgan fingerprint density at radius 3 is 2.71 bits per heavy atom. The van der Waals surface area contributed by atoms with E-state index in [9.17, 15) is 4.79 Å². The molecule has 0 spiro atoms. The molecular formula is C11H16O2Si. The first-order valence-corrected chi connectivity index (χ1v) is 6.67. The number of carbonyl (C=O) groups is 1. The van der Waals surface area contributed by atoms with Gasteiger partial charge in [-0.1, -0.05) is 41.6 Å². The van der Waals surface area contributed by atoms with Gasteiger partial charge in [0.15, 0.2) is 0 Å². The molecule has 0 atom stereocenters. The van der Waals surface area contributed by atoms with Gasteiger partial charge < -0.3 is 4.74 Å². The van der Waals surface area contributed by atoms with E-state index in [1.807, 2.05) is 6.07 Å². The normalized spacial score (nSPS) is 10.6. The average molecular weight is 208 g/mol. The molecule has 76 valence electrons. The average Bonchev–Trinajstić information content (AvgIpc) is 2.18. The van der Waals surface area contributed by atoms with E-state index >= 15 is 0 Å². The molecule has 0 saturated carbocycles. The molecule has 0 bridgehead atoms. The third kappa shape index (κ3) is 4.82. The van der Waals surface area contributed by atoms with Gasteiger partial charge in [0, 0.05) is 6.92 Å². The number of hydrogen-bond donors (Lipinski definition) is 0. The van der Waals surface area contributed by atoms with Gasteiger partial charge in [-0.15, -0.1) is 0 Å². The molecule has 0 aliphatic heterocycles. The molecule has 1 rings (SSSR count). The maximum atomic E-state index is 10.5. The summed E-state index contributed by atoms with van der Waals surface area (Å²) in [6.07, 6.45) is 1.00. The van der Waals surface area contributed by atoms with E-state index in [0.717, 1.165) is 6.42 Å². The van der Waals surface area contributed by atoms with Gasteiger partial charge in [-0.2, -0.15) is 0 Å². The summed E-state index contributed by atoms with van der Waals surface area (Å²) in [5.74, 6) is -0.175. The predicted octanol–water partition coefficient (Wildman–Crippen LogP) is 0.852. The summed E-state index contributed by atoms with van der Waals surface area (Å²) in [5.41, 5.74) is 0. The molecule has 0 aromatic heterocycles. The van der Waals surface area contributed by atoms with E-state index in [-0.39, 0.29) is 15.5 Å².